The van der Waals surface area contributed by atoms with Gasteiger partial charge in [0.1, 0.15) is 12.3 Å². The highest BCUT2D eigenvalue weighted by molar-refractivity contribution is 5.97. The standard InChI is InChI=1S/C24H22F8N6O3/c25-22(26)3-1-13(2-4-22)14(6-17(39)15-11-41-36-20(15)24(30,31)32)16-9-38-19(34-16)5-12(7-33-38)8-37-10-18(23(27,28)29)35-21(37)40/h5,7,9,11,13-14,18H,1-4,6,8,10H2,(H,35,40)/t14-,18-/m0/s1. The number of aromatic nitrogens is 4. The van der Waals surface area contributed by atoms with E-state index in [1.54, 1.807) is 0 Å². The molecule has 1 aliphatic heterocycles. The largest absolute Gasteiger partial charge is 0.437 e. The quantitative estimate of drug-likeness (QED) is 0.291. The molecular formula is C24H22F8N6O3. The number of Topliss-reactive ketones (excluding diaryl/α,β-unsaturated/α-hetero) is 1. The Hall–Kier alpha value is -3.79. The van der Waals surface area contributed by atoms with Crippen LogP contribution in [0.2, 0.25) is 0 Å². The number of imidazole rings is 1. The van der Waals surface area contributed by atoms with Gasteiger partial charge in [0.2, 0.25) is 5.92 Å². The van der Waals surface area contributed by atoms with E-state index in [2.05, 4.69) is 19.8 Å². The van der Waals surface area contributed by atoms with Crippen molar-refractivity contribution in [2.24, 2.45) is 5.92 Å². The van der Waals surface area contributed by atoms with Gasteiger partial charge in [-0.2, -0.15) is 31.4 Å². The van der Waals surface area contributed by atoms with Crippen molar-refractivity contribution in [2.75, 3.05) is 6.54 Å². The maximum atomic E-state index is 13.9. The minimum absolute atomic E-state index is 0.00228. The second-order valence-corrected chi connectivity index (χ2v) is 10.3. The molecule has 0 spiro atoms. The summed E-state index contributed by atoms with van der Waals surface area (Å²) < 4.78 is 112. The van der Waals surface area contributed by atoms with Gasteiger partial charge in [-0.15, -0.1) is 0 Å². The van der Waals surface area contributed by atoms with Gasteiger partial charge >= 0.3 is 18.4 Å². The van der Waals surface area contributed by atoms with Crippen molar-refractivity contribution in [1.29, 1.82) is 0 Å². The summed E-state index contributed by atoms with van der Waals surface area (Å²) in [5.74, 6) is -5.21. The molecule has 2 aliphatic rings. The van der Waals surface area contributed by atoms with Gasteiger partial charge in [0.05, 0.1) is 30.2 Å². The molecule has 0 bridgehead atoms. The van der Waals surface area contributed by atoms with Crippen LogP contribution in [0.1, 0.15) is 65.3 Å². The molecule has 0 unspecified atom stereocenters. The number of alkyl halides is 8. The molecule has 5 rings (SSSR count). The van der Waals surface area contributed by atoms with Crippen molar-refractivity contribution >= 4 is 17.5 Å². The van der Waals surface area contributed by atoms with Crippen molar-refractivity contribution in [3.8, 4) is 0 Å². The zero-order valence-electron chi connectivity index (χ0n) is 21.0. The molecule has 3 aromatic rings. The number of fused-ring (bicyclic) bond motifs is 1. The van der Waals surface area contributed by atoms with Gasteiger partial charge in [0.25, 0.3) is 0 Å². The number of nitrogens with zero attached hydrogens (tertiary/aromatic N) is 5. The first kappa shape index (κ1) is 28.7. The number of hydrogen-bond donors (Lipinski definition) is 1. The van der Waals surface area contributed by atoms with Crippen LogP contribution in [-0.2, 0) is 12.7 Å². The normalized spacial score (nSPS) is 20.9. The fourth-order valence-electron chi connectivity index (χ4n) is 5.26. The van der Waals surface area contributed by atoms with Crippen molar-refractivity contribution in [3.63, 3.8) is 0 Å². The van der Waals surface area contributed by atoms with E-state index < -0.39 is 85.0 Å². The molecule has 3 aromatic heterocycles. The lowest BCUT2D eigenvalue weighted by atomic mass is 9.75. The van der Waals surface area contributed by atoms with Crippen LogP contribution in [0.15, 0.2) is 29.2 Å². The monoisotopic (exact) mass is 594 g/mol. The summed E-state index contributed by atoms with van der Waals surface area (Å²) in [7, 11) is 0. The van der Waals surface area contributed by atoms with Gasteiger partial charge in [0, 0.05) is 31.7 Å². The number of amides is 2. The van der Waals surface area contributed by atoms with Gasteiger partial charge in [-0.3, -0.25) is 4.79 Å². The third-order valence-corrected chi connectivity index (χ3v) is 7.41. The number of halogens is 8. The Balaban J connectivity index is 1.40. The number of carbonyl (C=O) groups is 2. The van der Waals surface area contributed by atoms with Crippen LogP contribution in [0.25, 0.3) is 5.65 Å². The number of hydrogen-bond acceptors (Lipinski definition) is 6. The second kappa shape index (κ2) is 10.2. The molecule has 1 N–H and O–H groups in total. The molecule has 222 valence electrons. The SMILES string of the molecule is O=C(C[C@H](c1cn2ncc(CN3C[C@@H](C(F)(F)F)NC3=O)cc2n1)C1CCC(F)(F)CC1)c1conc1C(F)(F)F. The van der Waals surface area contributed by atoms with Gasteiger partial charge in [0.15, 0.2) is 17.1 Å². The molecule has 1 saturated carbocycles. The molecule has 4 heterocycles. The number of carbonyl (C=O) groups excluding carboxylic acids is 2. The summed E-state index contributed by atoms with van der Waals surface area (Å²) >= 11 is 0. The Morgan fingerprint density at radius 3 is 2.51 bits per heavy atom. The number of rotatable bonds is 7. The third kappa shape index (κ3) is 6.12. The van der Waals surface area contributed by atoms with E-state index in [1.165, 1.54) is 23.0 Å². The average Bonchev–Trinajstić information content (AvgIpc) is 3.60. The van der Waals surface area contributed by atoms with Gasteiger partial charge in [-0.05, 0) is 30.4 Å². The molecule has 41 heavy (non-hydrogen) atoms. The molecule has 9 nitrogen and oxygen atoms in total. The highest BCUT2D eigenvalue weighted by atomic mass is 19.4. The van der Waals surface area contributed by atoms with Crippen molar-refractivity contribution in [3.05, 3.63) is 47.2 Å². The van der Waals surface area contributed by atoms with Crippen LogP contribution < -0.4 is 5.32 Å². The average molecular weight is 594 g/mol. The van der Waals surface area contributed by atoms with Crippen molar-refractivity contribution in [2.45, 2.75) is 68.9 Å². The molecule has 1 saturated heterocycles. The fraction of sp³-hybridized carbons (Fsp3) is 0.542. The molecule has 2 amide bonds. The van der Waals surface area contributed by atoms with Crippen LogP contribution >= 0.6 is 0 Å². The smallest absolute Gasteiger partial charge is 0.363 e. The van der Waals surface area contributed by atoms with Crippen molar-refractivity contribution < 1.29 is 49.2 Å². The number of urea groups is 1. The number of ketones is 1. The van der Waals surface area contributed by atoms with Crippen LogP contribution in [0.3, 0.4) is 0 Å². The molecule has 1 aliphatic carbocycles. The summed E-state index contributed by atoms with van der Waals surface area (Å²) in [4.78, 5) is 30.4. The lowest BCUT2D eigenvalue weighted by molar-refractivity contribution is -0.150. The first-order valence-corrected chi connectivity index (χ1v) is 12.5. The van der Waals surface area contributed by atoms with E-state index in [0.29, 0.717) is 11.8 Å². The highest BCUT2D eigenvalue weighted by Gasteiger charge is 2.47. The van der Waals surface area contributed by atoms with Gasteiger partial charge < -0.3 is 14.7 Å². The second-order valence-electron chi connectivity index (χ2n) is 10.3. The van der Waals surface area contributed by atoms with Crippen molar-refractivity contribution in [1.82, 2.24) is 30.0 Å². The van der Waals surface area contributed by atoms with E-state index in [-0.39, 0.29) is 30.7 Å². The Kier molecular flexibility index (Phi) is 7.18. The summed E-state index contributed by atoms with van der Waals surface area (Å²) in [6, 6.07) is -1.47. The Labute approximate surface area is 225 Å². The predicted octanol–water partition coefficient (Wildman–Crippen LogP) is 5.37. The maximum absolute atomic E-state index is 13.9. The lowest BCUT2D eigenvalue weighted by Gasteiger charge is -2.32. The van der Waals surface area contributed by atoms with Crippen LogP contribution in [0, 0.1) is 5.92 Å². The van der Waals surface area contributed by atoms with E-state index in [1.807, 2.05) is 5.32 Å². The first-order valence-electron chi connectivity index (χ1n) is 12.5. The lowest BCUT2D eigenvalue weighted by Crippen LogP contribution is -2.40. The molecule has 2 atom stereocenters. The zero-order valence-corrected chi connectivity index (χ0v) is 21.0. The Bertz CT molecular complexity index is 1440. The summed E-state index contributed by atoms with van der Waals surface area (Å²) in [5, 5.41) is 8.90. The highest BCUT2D eigenvalue weighted by Crippen LogP contribution is 2.44. The van der Waals surface area contributed by atoms with Crippen LogP contribution in [-0.4, -0.2) is 61.2 Å². The topological polar surface area (TPSA) is 106 Å². The Morgan fingerprint density at radius 2 is 1.88 bits per heavy atom. The third-order valence-electron chi connectivity index (χ3n) is 7.41. The van der Waals surface area contributed by atoms with Gasteiger partial charge in [-0.25, -0.2) is 23.1 Å². The first-order chi connectivity index (χ1) is 19.1. The van der Waals surface area contributed by atoms with Gasteiger partial charge in [-0.1, -0.05) is 5.16 Å². The maximum Gasteiger partial charge on any atom is 0.437 e. The Morgan fingerprint density at radius 1 is 1.17 bits per heavy atom. The fourth-order valence-corrected chi connectivity index (χ4v) is 5.26. The minimum Gasteiger partial charge on any atom is -0.363 e. The zero-order chi connectivity index (χ0) is 29.7. The summed E-state index contributed by atoms with van der Waals surface area (Å²) in [5.41, 5.74) is -1.52. The molecular weight excluding hydrogens is 572 g/mol. The summed E-state index contributed by atoms with van der Waals surface area (Å²) in [6.45, 7) is -0.816. The molecule has 2 fully saturated rings. The number of nitrogens with one attached hydrogen (secondary N) is 1. The molecule has 17 heteroatoms. The van der Waals surface area contributed by atoms with E-state index in [4.69, 9.17) is 0 Å². The minimum atomic E-state index is -4.95. The van der Waals surface area contributed by atoms with E-state index in [9.17, 15) is 44.7 Å². The molecule has 0 aromatic carbocycles. The van der Waals surface area contributed by atoms with E-state index in [0.717, 1.165) is 4.90 Å². The van der Waals surface area contributed by atoms with E-state index >= 15 is 0 Å². The van der Waals surface area contributed by atoms with Crippen LogP contribution in [0.4, 0.5) is 39.9 Å². The molecule has 0 radical (unpaired) electrons. The van der Waals surface area contributed by atoms with Crippen LogP contribution in [0.5, 0.6) is 0 Å². The predicted molar refractivity (Wildman–Crippen MR) is 122 cm³/mol. The summed E-state index contributed by atoms with van der Waals surface area (Å²) in [6.07, 6.45) is -7.67.